The third kappa shape index (κ3) is 3.19. The number of carbonyl (C=O) groups is 1. The van der Waals surface area contributed by atoms with Crippen LogP contribution < -0.4 is 14.8 Å². The van der Waals surface area contributed by atoms with Gasteiger partial charge in [-0.25, -0.2) is 4.98 Å². The minimum absolute atomic E-state index is 0.141. The Labute approximate surface area is 145 Å². The van der Waals surface area contributed by atoms with Crippen LogP contribution in [0.2, 0.25) is 0 Å². The van der Waals surface area contributed by atoms with Crippen molar-refractivity contribution in [1.82, 2.24) is 14.9 Å². The highest BCUT2D eigenvalue weighted by Gasteiger charge is 2.30. The van der Waals surface area contributed by atoms with E-state index >= 15 is 0 Å². The number of amides is 1. The van der Waals surface area contributed by atoms with Crippen LogP contribution in [0.15, 0.2) is 30.6 Å². The van der Waals surface area contributed by atoms with E-state index in [4.69, 9.17) is 14.2 Å². The first kappa shape index (κ1) is 16.0. The number of hydrogen-bond donors (Lipinski definition) is 1. The number of aryl methyl sites for hydroxylation is 1. The summed E-state index contributed by atoms with van der Waals surface area (Å²) < 4.78 is 18.1. The highest BCUT2D eigenvalue weighted by atomic mass is 16.7. The Hall–Kier alpha value is -2.54. The summed E-state index contributed by atoms with van der Waals surface area (Å²) in [4.78, 5) is 17.3. The van der Waals surface area contributed by atoms with Gasteiger partial charge in [0.05, 0.1) is 6.04 Å². The number of fused-ring (bicyclic) bond motifs is 1. The van der Waals surface area contributed by atoms with Gasteiger partial charge in [0.1, 0.15) is 5.82 Å². The maximum absolute atomic E-state index is 12.8. The van der Waals surface area contributed by atoms with Crippen molar-refractivity contribution >= 4 is 5.91 Å². The Morgan fingerprint density at radius 2 is 2.08 bits per heavy atom. The number of rotatable bonds is 4. The highest BCUT2D eigenvalue weighted by molar-refractivity contribution is 5.95. The van der Waals surface area contributed by atoms with Crippen LogP contribution >= 0.6 is 0 Å². The van der Waals surface area contributed by atoms with Gasteiger partial charge in [-0.1, -0.05) is 0 Å². The minimum Gasteiger partial charge on any atom is -0.454 e. The van der Waals surface area contributed by atoms with Gasteiger partial charge in [-0.3, -0.25) is 4.79 Å². The zero-order valence-electron chi connectivity index (χ0n) is 14.1. The largest absolute Gasteiger partial charge is 0.454 e. The molecule has 1 fully saturated rings. The molecule has 1 atom stereocenters. The summed E-state index contributed by atoms with van der Waals surface area (Å²) in [7, 11) is 1.95. The van der Waals surface area contributed by atoms with Crippen LogP contribution in [-0.4, -0.2) is 35.5 Å². The molecule has 0 saturated carbocycles. The number of benzene rings is 1. The number of nitrogens with zero attached hydrogens (tertiary/aromatic N) is 2. The van der Waals surface area contributed by atoms with Crippen molar-refractivity contribution in [3.05, 3.63) is 42.0 Å². The fourth-order valence-electron chi connectivity index (χ4n) is 3.38. The first-order chi connectivity index (χ1) is 12.2. The van der Waals surface area contributed by atoms with Crippen LogP contribution in [-0.2, 0) is 11.8 Å². The Morgan fingerprint density at radius 1 is 1.28 bits per heavy atom. The molecule has 1 amide bonds. The fourth-order valence-corrected chi connectivity index (χ4v) is 3.38. The quantitative estimate of drug-likeness (QED) is 0.920. The molecule has 0 bridgehead atoms. The van der Waals surface area contributed by atoms with Crippen molar-refractivity contribution in [3.63, 3.8) is 0 Å². The van der Waals surface area contributed by atoms with Gasteiger partial charge in [-0.05, 0) is 37.0 Å². The van der Waals surface area contributed by atoms with Crippen LogP contribution in [0, 0.1) is 5.92 Å². The number of imidazole rings is 1. The number of aromatic nitrogens is 2. The lowest BCUT2D eigenvalue weighted by atomic mass is 9.90. The van der Waals surface area contributed by atoms with Gasteiger partial charge in [-0.15, -0.1) is 0 Å². The SMILES string of the molecule is Cn1ccnc1C(NC(=O)c1ccc2c(c1)OCO2)C1CCOCC1. The molecule has 0 aliphatic carbocycles. The fraction of sp³-hybridized carbons (Fsp3) is 0.444. The molecule has 1 saturated heterocycles. The Morgan fingerprint density at radius 3 is 2.84 bits per heavy atom. The number of hydrogen-bond acceptors (Lipinski definition) is 5. The predicted molar refractivity (Wildman–Crippen MR) is 89.5 cm³/mol. The van der Waals surface area contributed by atoms with Crippen LogP contribution in [0.4, 0.5) is 0 Å². The zero-order valence-corrected chi connectivity index (χ0v) is 14.1. The molecule has 0 radical (unpaired) electrons. The first-order valence-electron chi connectivity index (χ1n) is 8.48. The second-order valence-corrected chi connectivity index (χ2v) is 6.37. The lowest BCUT2D eigenvalue weighted by Crippen LogP contribution is -2.37. The van der Waals surface area contributed by atoms with Crippen LogP contribution in [0.25, 0.3) is 0 Å². The van der Waals surface area contributed by atoms with Gasteiger partial charge in [0, 0.05) is 38.2 Å². The number of ether oxygens (including phenoxy) is 3. The van der Waals surface area contributed by atoms with Crippen molar-refractivity contribution in [3.8, 4) is 11.5 Å². The van der Waals surface area contributed by atoms with Crippen molar-refractivity contribution in [2.75, 3.05) is 20.0 Å². The Balaban J connectivity index is 1.57. The van der Waals surface area contributed by atoms with E-state index < -0.39 is 0 Å². The van der Waals surface area contributed by atoms with Crippen molar-refractivity contribution in [2.24, 2.45) is 13.0 Å². The standard InChI is InChI=1S/C18H21N3O4/c1-21-7-6-19-17(21)16(12-4-8-23-9-5-12)20-18(22)13-2-3-14-15(10-13)25-11-24-14/h2-3,6-7,10,12,16H,4-5,8-9,11H2,1H3,(H,20,22). The average Bonchev–Trinajstić information content (AvgIpc) is 3.28. The molecule has 2 aromatic rings. The molecule has 1 aromatic heterocycles. The third-order valence-corrected chi connectivity index (χ3v) is 4.80. The van der Waals surface area contributed by atoms with Crippen molar-refractivity contribution in [1.29, 1.82) is 0 Å². The van der Waals surface area contributed by atoms with Gasteiger partial charge in [0.2, 0.25) is 6.79 Å². The number of carbonyl (C=O) groups excluding carboxylic acids is 1. The average molecular weight is 343 g/mol. The van der Waals surface area contributed by atoms with E-state index in [1.165, 1.54) is 0 Å². The second-order valence-electron chi connectivity index (χ2n) is 6.37. The van der Waals surface area contributed by atoms with Crippen molar-refractivity contribution < 1.29 is 19.0 Å². The molecule has 2 aliphatic rings. The molecule has 2 aliphatic heterocycles. The molecule has 7 heteroatoms. The summed E-state index contributed by atoms with van der Waals surface area (Å²) in [5, 5.41) is 3.16. The summed E-state index contributed by atoms with van der Waals surface area (Å²) in [6.45, 7) is 1.62. The lowest BCUT2D eigenvalue weighted by molar-refractivity contribution is 0.0499. The van der Waals surface area contributed by atoms with E-state index in [1.807, 2.05) is 17.8 Å². The monoisotopic (exact) mass is 343 g/mol. The van der Waals surface area contributed by atoms with Gasteiger partial charge < -0.3 is 24.1 Å². The molecule has 1 N–H and O–H groups in total. The van der Waals surface area contributed by atoms with E-state index in [-0.39, 0.29) is 18.7 Å². The molecular weight excluding hydrogens is 322 g/mol. The first-order valence-corrected chi connectivity index (χ1v) is 8.48. The summed E-state index contributed by atoms with van der Waals surface area (Å²) in [5.41, 5.74) is 0.551. The van der Waals surface area contributed by atoms with E-state index in [2.05, 4.69) is 10.3 Å². The molecule has 1 aromatic carbocycles. The molecular formula is C18H21N3O4. The van der Waals surface area contributed by atoms with Crippen LogP contribution in [0.5, 0.6) is 11.5 Å². The third-order valence-electron chi connectivity index (χ3n) is 4.80. The topological polar surface area (TPSA) is 74.6 Å². The molecule has 1 unspecified atom stereocenters. The maximum atomic E-state index is 12.8. The number of nitrogens with one attached hydrogen (secondary N) is 1. The van der Waals surface area contributed by atoms with E-state index in [0.29, 0.717) is 36.2 Å². The van der Waals surface area contributed by atoms with Crippen molar-refractivity contribution in [2.45, 2.75) is 18.9 Å². The summed E-state index contributed by atoms with van der Waals surface area (Å²) in [6, 6.07) is 5.09. The van der Waals surface area contributed by atoms with E-state index in [0.717, 1.165) is 18.7 Å². The summed E-state index contributed by atoms with van der Waals surface area (Å²) >= 11 is 0. The smallest absolute Gasteiger partial charge is 0.252 e. The van der Waals surface area contributed by atoms with Gasteiger partial charge >= 0.3 is 0 Å². The lowest BCUT2D eigenvalue weighted by Gasteiger charge is -2.30. The zero-order chi connectivity index (χ0) is 17.2. The summed E-state index contributed by atoms with van der Waals surface area (Å²) in [6.07, 6.45) is 5.46. The predicted octanol–water partition coefficient (Wildman–Crippen LogP) is 2.05. The molecule has 4 rings (SSSR count). The summed E-state index contributed by atoms with van der Waals surface area (Å²) in [5.74, 6) is 2.29. The Kier molecular flexibility index (Phi) is 4.31. The van der Waals surface area contributed by atoms with E-state index in [9.17, 15) is 4.79 Å². The van der Waals surface area contributed by atoms with Gasteiger partial charge in [0.15, 0.2) is 11.5 Å². The molecule has 7 nitrogen and oxygen atoms in total. The van der Waals surface area contributed by atoms with Crippen LogP contribution in [0.1, 0.15) is 35.1 Å². The van der Waals surface area contributed by atoms with E-state index in [1.54, 1.807) is 24.4 Å². The highest BCUT2D eigenvalue weighted by Crippen LogP contribution is 2.33. The Bertz CT molecular complexity index is 767. The molecule has 25 heavy (non-hydrogen) atoms. The van der Waals surface area contributed by atoms with Crippen LogP contribution in [0.3, 0.4) is 0 Å². The molecule has 3 heterocycles. The maximum Gasteiger partial charge on any atom is 0.252 e. The van der Waals surface area contributed by atoms with Gasteiger partial charge in [0.25, 0.3) is 5.91 Å². The molecule has 132 valence electrons. The second kappa shape index (κ2) is 6.76. The molecule has 0 spiro atoms. The normalized spacial score (nSPS) is 18.1. The minimum atomic E-state index is -0.151. The van der Waals surface area contributed by atoms with Gasteiger partial charge in [-0.2, -0.15) is 0 Å².